The first-order valence-electron chi connectivity index (χ1n) is 8.71. The molecule has 0 fully saturated rings. The van der Waals surface area contributed by atoms with Crippen molar-refractivity contribution in [2.24, 2.45) is 0 Å². The van der Waals surface area contributed by atoms with Gasteiger partial charge in [0, 0.05) is 14.2 Å². The van der Waals surface area contributed by atoms with Gasteiger partial charge in [-0.25, -0.2) is 0 Å². The summed E-state index contributed by atoms with van der Waals surface area (Å²) in [6.45, 7) is 0.358. The summed E-state index contributed by atoms with van der Waals surface area (Å²) in [6, 6.07) is 24.0. The van der Waals surface area contributed by atoms with Crippen LogP contribution < -0.4 is 10.1 Å². The summed E-state index contributed by atoms with van der Waals surface area (Å²) in [5, 5.41) is 12.8. The average molecular weight is 515 g/mol. The van der Waals surface area contributed by atoms with E-state index in [0.29, 0.717) is 23.1 Å². The summed E-state index contributed by atoms with van der Waals surface area (Å²) in [5.41, 5.74) is 2.32. The zero-order valence-electron chi connectivity index (χ0n) is 15.2. The minimum Gasteiger partial charge on any atom is -0.489 e. The van der Waals surface area contributed by atoms with Gasteiger partial charge in [0.25, 0.3) is 5.91 Å². The van der Waals surface area contributed by atoms with Gasteiger partial charge in [0.1, 0.15) is 24.0 Å². The van der Waals surface area contributed by atoms with Crippen LogP contribution in [0.15, 0.2) is 78.4 Å². The van der Waals surface area contributed by atoms with Crippen LogP contribution in [0.1, 0.15) is 11.1 Å². The smallest absolute Gasteiger partial charge is 0.266 e. The van der Waals surface area contributed by atoms with Gasteiger partial charge in [-0.1, -0.05) is 54.1 Å². The monoisotopic (exact) mass is 514 g/mol. The molecule has 0 saturated carbocycles. The van der Waals surface area contributed by atoms with E-state index >= 15 is 0 Å². The third-order valence-corrected chi connectivity index (χ3v) is 5.34. The number of carbonyl (C=O) groups is 1. The molecule has 0 atom stereocenters. The Morgan fingerprint density at radius 2 is 1.76 bits per heavy atom. The molecular weight excluding hydrogens is 499 g/mol. The van der Waals surface area contributed by atoms with Gasteiger partial charge in [0.15, 0.2) is 0 Å². The van der Waals surface area contributed by atoms with E-state index in [1.165, 1.54) is 0 Å². The molecule has 144 valence electrons. The summed E-state index contributed by atoms with van der Waals surface area (Å²) in [7, 11) is 0. The molecule has 29 heavy (non-hydrogen) atoms. The van der Waals surface area contributed by atoms with Crippen molar-refractivity contribution < 1.29 is 9.53 Å². The fourth-order valence-electron chi connectivity index (χ4n) is 2.50. The number of hydrogen-bond acceptors (Lipinski definition) is 3. The van der Waals surface area contributed by atoms with Crippen molar-refractivity contribution in [3.63, 3.8) is 0 Å². The molecular formula is C23H16ClIN2O2. The SMILES string of the molecule is N#C/C(=C\c1ccc(OCc2ccccc2Cl)cc1)C(=O)Nc1ccccc1I. The Morgan fingerprint density at radius 3 is 2.45 bits per heavy atom. The Bertz CT molecular complexity index is 1090. The van der Waals surface area contributed by atoms with E-state index in [4.69, 9.17) is 16.3 Å². The van der Waals surface area contributed by atoms with E-state index in [1.807, 2.05) is 48.5 Å². The Labute approximate surface area is 187 Å². The Morgan fingerprint density at radius 1 is 1.07 bits per heavy atom. The van der Waals surface area contributed by atoms with Gasteiger partial charge in [-0.3, -0.25) is 4.79 Å². The number of rotatable bonds is 6. The standard InChI is InChI=1S/C23H16ClIN2O2/c24-20-6-2-1-5-17(20)15-29-19-11-9-16(10-12-19)13-18(14-26)23(28)27-22-8-4-3-7-21(22)25/h1-13H,15H2,(H,27,28)/b18-13+. The fraction of sp³-hybridized carbons (Fsp3) is 0.0435. The highest BCUT2D eigenvalue weighted by molar-refractivity contribution is 14.1. The number of nitriles is 1. The molecule has 0 heterocycles. The molecule has 0 bridgehead atoms. The third-order valence-electron chi connectivity index (χ3n) is 4.03. The van der Waals surface area contributed by atoms with Crippen LogP contribution in [-0.4, -0.2) is 5.91 Å². The number of anilines is 1. The van der Waals surface area contributed by atoms with Crippen molar-refractivity contribution in [1.82, 2.24) is 0 Å². The molecule has 3 rings (SSSR count). The maximum Gasteiger partial charge on any atom is 0.266 e. The fourth-order valence-corrected chi connectivity index (χ4v) is 3.22. The molecule has 0 aliphatic heterocycles. The van der Waals surface area contributed by atoms with Crippen LogP contribution in [0.2, 0.25) is 5.02 Å². The zero-order valence-corrected chi connectivity index (χ0v) is 18.1. The van der Waals surface area contributed by atoms with Gasteiger partial charge in [-0.05, 0) is 64.6 Å². The van der Waals surface area contributed by atoms with E-state index in [1.54, 1.807) is 36.4 Å². The lowest BCUT2D eigenvalue weighted by atomic mass is 10.1. The zero-order chi connectivity index (χ0) is 20.6. The molecule has 6 heteroatoms. The summed E-state index contributed by atoms with van der Waals surface area (Å²) in [6.07, 6.45) is 1.54. The van der Waals surface area contributed by atoms with Crippen molar-refractivity contribution in [2.45, 2.75) is 6.61 Å². The number of carbonyl (C=O) groups excluding carboxylic acids is 1. The van der Waals surface area contributed by atoms with Crippen molar-refractivity contribution in [1.29, 1.82) is 5.26 Å². The molecule has 0 radical (unpaired) electrons. The van der Waals surface area contributed by atoms with E-state index < -0.39 is 5.91 Å². The van der Waals surface area contributed by atoms with Crippen molar-refractivity contribution in [2.75, 3.05) is 5.32 Å². The van der Waals surface area contributed by atoms with Gasteiger partial charge >= 0.3 is 0 Å². The summed E-state index contributed by atoms with van der Waals surface area (Å²) in [5.74, 6) is 0.222. The number of nitrogens with one attached hydrogen (secondary N) is 1. The lowest BCUT2D eigenvalue weighted by Crippen LogP contribution is -2.14. The normalized spacial score (nSPS) is 10.9. The maximum absolute atomic E-state index is 12.4. The molecule has 3 aromatic carbocycles. The van der Waals surface area contributed by atoms with Gasteiger partial charge in [-0.15, -0.1) is 0 Å². The largest absolute Gasteiger partial charge is 0.489 e. The van der Waals surface area contributed by atoms with E-state index in [9.17, 15) is 10.1 Å². The minimum atomic E-state index is -0.448. The third kappa shape index (κ3) is 5.83. The topological polar surface area (TPSA) is 62.1 Å². The molecule has 1 amide bonds. The van der Waals surface area contributed by atoms with Crippen LogP contribution in [0.3, 0.4) is 0 Å². The quantitative estimate of drug-likeness (QED) is 0.247. The van der Waals surface area contributed by atoms with E-state index in [2.05, 4.69) is 27.9 Å². The van der Waals surface area contributed by atoms with Crippen LogP contribution in [0.4, 0.5) is 5.69 Å². The highest BCUT2D eigenvalue weighted by Gasteiger charge is 2.11. The molecule has 0 aliphatic carbocycles. The second kappa shape index (κ2) is 10.1. The van der Waals surface area contributed by atoms with Crippen LogP contribution in [0.25, 0.3) is 6.08 Å². The molecule has 0 saturated heterocycles. The number of ether oxygens (including phenoxy) is 1. The molecule has 3 aromatic rings. The van der Waals surface area contributed by atoms with Crippen molar-refractivity contribution in [3.05, 3.63) is 98.1 Å². The van der Waals surface area contributed by atoms with Gasteiger partial charge < -0.3 is 10.1 Å². The Balaban J connectivity index is 1.67. The minimum absolute atomic E-state index is 0.0226. The van der Waals surface area contributed by atoms with Crippen LogP contribution in [0.5, 0.6) is 5.75 Å². The lowest BCUT2D eigenvalue weighted by molar-refractivity contribution is -0.112. The summed E-state index contributed by atoms with van der Waals surface area (Å²) >= 11 is 8.26. The van der Waals surface area contributed by atoms with Crippen molar-refractivity contribution >= 4 is 51.9 Å². The first-order valence-corrected chi connectivity index (χ1v) is 10.2. The number of amides is 1. The van der Waals surface area contributed by atoms with Crippen LogP contribution in [0, 0.1) is 14.9 Å². The Kier molecular flexibility index (Phi) is 7.28. The predicted octanol–water partition coefficient (Wildman–Crippen LogP) is 6.07. The number of benzene rings is 3. The van der Waals surface area contributed by atoms with Crippen molar-refractivity contribution in [3.8, 4) is 11.8 Å². The molecule has 0 unspecified atom stereocenters. The number of halogens is 2. The Hall–Kier alpha value is -2.82. The first kappa shape index (κ1) is 20.9. The average Bonchev–Trinajstić information content (AvgIpc) is 2.74. The van der Waals surface area contributed by atoms with E-state index in [-0.39, 0.29) is 5.57 Å². The highest BCUT2D eigenvalue weighted by atomic mass is 127. The molecule has 0 aromatic heterocycles. The van der Waals surface area contributed by atoms with E-state index in [0.717, 1.165) is 14.7 Å². The molecule has 4 nitrogen and oxygen atoms in total. The number of nitrogens with zero attached hydrogens (tertiary/aromatic N) is 1. The summed E-state index contributed by atoms with van der Waals surface area (Å²) in [4.78, 5) is 12.4. The molecule has 1 N–H and O–H groups in total. The van der Waals surface area contributed by atoms with Gasteiger partial charge in [0.05, 0.1) is 5.69 Å². The van der Waals surface area contributed by atoms with Gasteiger partial charge in [-0.2, -0.15) is 5.26 Å². The predicted molar refractivity (Wildman–Crippen MR) is 124 cm³/mol. The second-order valence-electron chi connectivity index (χ2n) is 6.05. The summed E-state index contributed by atoms with van der Waals surface area (Å²) < 4.78 is 6.65. The second-order valence-corrected chi connectivity index (χ2v) is 7.62. The first-order chi connectivity index (χ1) is 14.1. The molecule has 0 aliphatic rings. The lowest BCUT2D eigenvalue weighted by Gasteiger charge is -2.08. The number of hydrogen-bond donors (Lipinski definition) is 1. The number of para-hydroxylation sites is 1. The maximum atomic E-state index is 12.4. The van der Waals surface area contributed by atoms with Crippen LogP contribution >= 0.6 is 34.2 Å². The van der Waals surface area contributed by atoms with Gasteiger partial charge in [0.2, 0.25) is 0 Å². The van der Waals surface area contributed by atoms with Crippen LogP contribution in [-0.2, 0) is 11.4 Å². The highest BCUT2D eigenvalue weighted by Crippen LogP contribution is 2.21. The molecule has 0 spiro atoms.